The summed E-state index contributed by atoms with van der Waals surface area (Å²) in [5, 5.41) is 10.0. The van der Waals surface area contributed by atoms with E-state index in [-0.39, 0.29) is 5.91 Å². The van der Waals surface area contributed by atoms with Crippen LogP contribution in [-0.4, -0.2) is 35.2 Å². The zero-order chi connectivity index (χ0) is 11.7. The first-order valence-corrected chi connectivity index (χ1v) is 5.39. The second-order valence-electron chi connectivity index (χ2n) is 3.43. The third-order valence-electron chi connectivity index (χ3n) is 1.95. The molecule has 0 bridgehead atoms. The van der Waals surface area contributed by atoms with Gasteiger partial charge < -0.3 is 5.73 Å². The Kier molecular flexibility index (Phi) is 2.71. The zero-order valence-corrected chi connectivity index (χ0v) is 9.71. The number of hydrogen-bond acceptors (Lipinski definition) is 6. The molecule has 0 unspecified atom stereocenters. The van der Waals surface area contributed by atoms with Crippen molar-refractivity contribution in [2.75, 3.05) is 19.8 Å². The van der Waals surface area contributed by atoms with Crippen molar-refractivity contribution in [1.29, 1.82) is 0 Å². The normalized spacial score (nSPS) is 10.9. The summed E-state index contributed by atoms with van der Waals surface area (Å²) in [5.74, 6) is -0.231. The molecule has 0 fully saturated rings. The summed E-state index contributed by atoms with van der Waals surface area (Å²) in [6.45, 7) is 0. The van der Waals surface area contributed by atoms with Crippen molar-refractivity contribution in [3.05, 3.63) is 17.1 Å². The Balaban J connectivity index is 2.45. The van der Waals surface area contributed by atoms with Crippen LogP contribution in [0.1, 0.15) is 9.67 Å². The minimum Gasteiger partial charge on any atom is -0.397 e. The van der Waals surface area contributed by atoms with Gasteiger partial charge in [-0.05, 0) is 6.07 Å². The van der Waals surface area contributed by atoms with Gasteiger partial charge in [0.25, 0.3) is 5.91 Å². The van der Waals surface area contributed by atoms with E-state index >= 15 is 0 Å². The summed E-state index contributed by atoms with van der Waals surface area (Å²) in [4.78, 5) is 12.9. The maximum atomic E-state index is 11.8. The molecule has 0 saturated carbocycles. The topological polar surface area (TPSA) is 84.1 Å². The third-order valence-corrected chi connectivity index (χ3v) is 3.06. The second kappa shape index (κ2) is 4.03. The number of amides is 1. The van der Waals surface area contributed by atoms with E-state index in [2.05, 4.69) is 15.6 Å². The van der Waals surface area contributed by atoms with E-state index < -0.39 is 0 Å². The number of nitrogens with two attached hydrogens (primary N) is 1. The first-order chi connectivity index (χ1) is 7.59. The lowest BCUT2D eigenvalue weighted by Gasteiger charge is -2.10. The van der Waals surface area contributed by atoms with Gasteiger partial charge in [0.15, 0.2) is 0 Å². The highest BCUT2D eigenvalue weighted by atomic mass is 32.1. The van der Waals surface area contributed by atoms with E-state index in [4.69, 9.17) is 5.73 Å². The summed E-state index contributed by atoms with van der Waals surface area (Å²) < 4.78 is 0. The Morgan fingerprint density at radius 2 is 2.31 bits per heavy atom. The molecule has 2 heterocycles. The van der Waals surface area contributed by atoms with Gasteiger partial charge in [-0.3, -0.25) is 10.2 Å². The number of carbonyl (C=O) groups is 1. The van der Waals surface area contributed by atoms with Crippen LogP contribution in [0.4, 0.5) is 5.69 Å². The highest BCUT2D eigenvalue weighted by molar-refractivity contribution is 7.21. The molecular weight excluding hydrogens is 226 g/mol. The number of aromatic nitrogens is 2. The molecule has 0 aliphatic heterocycles. The first-order valence-electron chi connectivity index (χ1n) is 4.57. The lowest BCUT2D eigenvalue weighted by Crippen LogP contribution is -2.35. The standard InChI is InChI=1S/C9H11N5OS/c1-14(2)13-8(15)7-6(10)5-3-4-11-12-9(5)16-7/h3-4H,10H2,1-2H3,(H,13,15). The Labute approximate surface area is 96.0 Å². The fourth-order valence-corrected chi connectivity index (χ4v) is 2.22. The van der Waals surface area contributed by atoms with Crippen molar-refractivity contribution < 1.29 is 4.79 Å². The molecular formula is C9H11N5OS. The number of nitrogens with zero attached hydrogens (tertiary/aromatic N) is 3. The number of fused-ring (bicyclic) bond motifs is 1. The van der Waals surface area contributed by atoms with Gasteiger partial charge >= 0.3 is 0 Å². The van der Waals surface area contributed by atoms with E-state index in [1.165, 1.54) is 11.3 Å². The molecule has 2 aromatic rings. The Morgan fingerprint density at radius 1 is 1.56 bits per heavy atom. The summed E-state index contributed by atoms with van der Waals surface area (Å²) >= 11 is 1.24. The van der Waals surface area contributed by atoms with Crippen LogP contribution in [0.15, 0.2) is 12.3 Å². The first kappa shape index (κ1) is 10.8. The Hall–Kier alpha value is -1.73. The number of thiophene rings is 1. The molecule has 2 aromatic heterocycles. The molecule has 6 nitrogen and oxygen atoms in total. The third kappa shape index (κ3) is 1.82. The molecule has 3 N–H and O–H groups in total. The van der Waals surface area contributed by atoms with Gasteiger partial charge in [-0.15, -0.1) is 16.4 Å². The molecule has 0 aliphatic carbocycles. The van der Waals surface area contributed by atoms with Crippen molar-refractivity contribution in [1.82, 2.24) is 20.6 Å². The number of anilines is 1. The van der Waals surface area contributed by atoms with Gasteiger partial charge in [0.1, 0.15) is 9.71 Å². The zero-order valence-electron chi connectivity index (χ0n) is 8.89. The largest absolute Gasteiger partial charge is 0.397 e. The van der Waals surface area contributed by atoms with Gasteiger partial charge in [-0.25, -0.2) is 5.01 Å². The van der Waals surface area contributed by atoms with E-state index in [1.807, 2.05) is 0 Å². The number of hydrazine groups is 1. The van der Waals surface area contributed by atoms with Crippen LogP contribution in [0.2, 0.25) is 0 Å². The molecule has 16 heavy (non-hydrogen) atoms. The molecule has 0 radical (unpaired) electrons. The number of rotatable bonds is 2. The summed E-state index contributed by atoms with van der Waals surface area (Å²) in [7, 11) is 3.47. The molecule has 0 saturated heterocycles. The van der Waals surface area contributed by atoms with Crippen LogP contribution in [0.25, 0.3) is 10.2 Å². The van der Waals surface area contributed by atoms with Gasteiger partial charge in [-0.2, -0.15) is 5.10 Å². The quantitative estimate of drug-likeness (QED) is 0.742. The average molecular weight is 237 g/mol. The Bertz CT molecular complexity index is 536. The highest BCUT2D eigenvalue weighted by Crippen LogP contribution is 2.31. The predicted octanol–water partition coefficient (Wildman–Crippen LogP) is 0.480. The van der Waals surface area contributed by atoms with Gasteiger partial charge in [0.2, 0.25) is 0 Å². The fourth-order valence-electron chi connectivity index (χ4n) is 1.30. The van der Waals surface area contributed by atoms with Crippen LogP contribution in [0.3, 0.4) is 0 Å². The fraction of sp³-hybridized carbons (Fsp3) is 0.222. The van der Waals surface area contributed by atoms with Crippen LogP contribution in [0.5, 0.6) is 0 Å². The molecule has 7 heteroatoms. The monoisotopic (exact) mass is 237 g/mol. The number of nitrogen functional groups attached to an aromatic ring is 1. The van der Waals surface area contributed by atoms with Crippen molar-refractivity contribution in [3.8, 4) is 0 Å². The van der Waals surface area contributed by atoms with Crippen molar-refractivity contribution in [3.63, 3.8) is 0 Å². The smallest absolute Gasteiger partial charge is 0.277 e. The molecule has 0 aliphatic rings. The average Bonchev–Trinajstić information content (AvgIpc) is 2.56. The van der Waals surface area contributed by atoms with E-state index in [9.17, 15) is 4.79 Å². The van der Waals surface area contributed by atoms with Crippen molar-refractivity contribution in [2.24, 2.45) is 0 Å². The molecule has 0 spiro atoms. The van der Waals surface area contributed by atoms with E-state index in [0.717, 1.165) is 5.39 Å². The maximum absolute atomic E-state index is 11.8. The molecule has 0 atom stereocenters. The molecule has 2 rings (SSSR count). The van der Waals surface area contributed by atoms with E-state index in [0.29, 0.717) is 15.4 Å². The Morgan fingerprint density at radius 3 is 2.94 bits per heavy atom. The lowest BCUT2D eigenvalue weighted by atomic mass is 10.3. The van der Waals surface area contributed by atoms with Crippen LogP contribution < -0.4 is 11.2 Å². The molecule has 1 amide bonds. The van der Waals surface area contributed by atoms with Crippen LogP contribution in [-0.2, 0) is 0 Å². The molecule has 84 valence electrons. The van der Waals surface area contributed by atoms with Crippen molar-refractivity contribution >= 4 is 33.1 Å². The van der Waals surface area contributed by atoms with Gasteiger partial charge in [0.05, 0.1) is 11.9 Å². The summed E-state index contributed by atoms with van der Waals surface area (Å²) in [6.07, 6.45) is 1.55. The second-order valence-corrected chi connectivity index (χ2v) is 4.43. The minimum atomic E-state index is -0.231. The number of hydrogen-bond donors (Lipinski definition) is 2. The van der Waals surface area contributed by atoms with E-state index in [1.54, 1.807) is 31.4 Å². The predicted molar refractivity (Wildman–Crippen MR) is 63.0 cm³/mol. The maximum Gasteiger partial charge on any atom is 0.277 e. The van der Waals surface area contributed by atoms with Crippen LogP contribution in [0, 0.1) is 0 Å². The lowest BCUT2D eigenvalue weighted by molar-refractivity contribution is 0.0862. The van der Waals surface area contributed by atoms with Crippen molar-refractivity contribution in [2.45, 2.75) is 0 Å². The number of carbonyl (C=O) groups excluding carboxylic acids is 1. The van der Waals surface area contributed by atoms with Gasteiger partial charge in [0, 0.05) is 19.5 Å². The van der Waals surface area contributed by atoms with Gasteiger partial charge in [-0.1, -0.05) is 0 Å². The summed E-state index contributed by atoms with van der Waals surface area (Å²) in [6, 6.07) is 1.75. The number of nitrogens with one attached hydrogen (secondary N) is 1. The highest BCUT2D eigenvalue weighted by Gasteiger charge is 2.17. The SMILES string of the molecule is CN(C)NC(=O)c1sc2nnccc2c1N. The minimum absolute atomic E-state index is 0.231. The summed E-state index contributed by atoms with van der Waals surface area (Å²) in [5.41, 5.74) is 8.97. The van der Waals surface area contributed by atoms with Crippen LogP contribution >= 0.6 is 11.3 Å². The molecule has 0 aromatic carbocycles.